The molecule has 1 aliphatic carbocycles. The Balaban J connectivity index is 0.000000208. The number of anilines is 1. The van der Waals surface area contributed by atoms with Crippen LogP contribution in [0.2, 0.25) is 5.02 Å². The van der Waals surface area contributed by atoms with Crippen LogP contribution in [0, 0.1) is 11.7 Å². The Bertz CT molecular complexity index is 1210. The van der Waals surface area contributed by atoms with E-state index in [1.807, 2.05) is 0 Å². The summed E-state index contributed by atoms with van der Waals surface area (Å²) in [4.78, 5) is 42.9. The normalized spacial score (nSPS) is 13.3. The Labute approximate surface area is 218 Å². The van der Waals surface area contributed by atoms with Crippen molar-refractivity contribution >= 4 is 35.1 Å². The van der Waals surface area contributed by atoms with Crippen LogP contribution in [0.1, 0.15) is 53.1 Å². The van der Waals surface area contributed by atoms with Gasteiger partial charge in [0.15, 0.2) is 11.4 Å². The molecule has 37 heavy (non-hydrogen) atoms. The molecule has 0 radical (unpaired) electrons. The summed E-state index contributed by atoms with van der Waals surface area (Å²) in [5.74, 6) is -1.59. The number of aromatic amines is 1. The van der Waals surface area contributed by atoms with Crippen molar-refractivity contribution in [1.29, 1.82) is 0 Å². The highest BCUT2D eigenvalue weighted by atomic mass is 35.5. The number of ether oxygens (including phenoxy) is 1. The fourth-order valence-electron chi connectivity index (χ4n) is 4.00. The number of imidazole rings is 1. The molecule has 11 heteroatoms. The number of hydrogen-bond acceptors (Lipinski definition) is 6. The van der Waals surface area contributed by atoms with Crippen LogP contribution < -0.4 is 15.4 Å². The number of hydrogen-bond donors (Lipinski definition) is 3. The van der Waals surface area contributed by atoms with Gasteiger partial charge in [0.1, 0.15) is 11.6 Å². The topological polar surface area (TPSA) is 139 Å². The number of aromatic nitrogens is 2. The highest BCUT2D eigenvalue weighted by Gasteiger charge is 2.27. The van der Waals surface area contributed by atoms with E-state index in [1.165, 1.54) is 35.8 Å². The van der Waals surface area contributed by atoms with Gasteiger partial charge in [-0.3, -0.25) is 9.59 Å². The highest BCUT2D eigenvalue weighted by Crippen LogP contribution is 2.31. The Hall–Kier alpha value is -3.76. The average molecular weight is 531 g/mol. The molecule has 196 valence electrons. The van der Waals surface area contributed by atoms with E-state index in [4.69, 9.17) is 22.1 Å². The molecule has 2 aromatic carbocycles. The van der Waals surface area contributed by atoms with Crippen LogP contribution in [0.15, 0.2) is 54.9 Å². The van der Waals surface area contributed by atoms with Gasteiger partial charge in [-0.2, -0.15) is 0 Å². The summed E-state index contributed by atoms with van der Waals surface area (Å²) in [5.41, 5.74) is 5.34. The molecule has 1 aromatic heterocycles. The third kappa shape index (κ3) is 7.61. The lowest BCUT2D eigenvalue weighted by atomic mass is 9.88. The summed E-state index contributed by atoms with van der Waals surface area (Å²) in [6, 6.07) is 12.5. The van der Waals surface area contributed by atoms with E-state index in [9.17, 15) is 23.9 Å². The molecule has 1 heterocycles. The van der Waals surface area contributed by atoms with E-state index in [1.54, 1.807) is 30.3 Å². The second kappa shape index (κ2) is 13.5. The number of nitrogens with two attached hydrogens (primary N) is 1. The predicted molar refractivity (Wildman–Crippen MR) is 136 cm³/mol. The van der Waals surface area contributed by atoms with E-state index in [2.05, 4.69) is 9.97 Å². The zero-order chi connectivity index (χ0) is 26.8. The number of rotatable bonds is 7. The molecule has 9 nitrogen and oxygen atoms in total. The SMILES string of the molecule is NC(=O)c1nc[nH]c1C(=O)Oc1ccccc1.O=C(C1CCCCC1)N(CCO)c1ccc(F)cc1Cl. The van der Waals surface area contributed by atoms with Crippen molar-refractivity contribution in [3.8, 4) is 5.75 Å². The monoisotopic (exact) mass is 530 g/mol. The number of para-hydroxylation sites is 1. The molecule has 0 saturated heterocycles. The summed E-state index contributed by atoms with van der Waals surface area (Å²) in [7, 11) is 0. The van der Waals surface area contributed by atoms with Gasteiger partial charge in [0.2, 0.25) is 5.91 Å². The maximum absolute atomic E-state index is 13.1. The highest BCUT2D eigenvalue weighted by molar-refractivity contribution is 6.33. The Morgan fingerprint density at radius 2 is 1.84 bits per heavy atom. The van der Waals surface area contributed by atoms with E-state index in [-0.39, 0.29) is 41.4 Å². The molecule has 3 aromatic rings. The maximum atomic E-state index is 13.1. The molecular formula is C26H28ClFN4O5. The number of H-pyrrole nitrogens is 1. The summed E-state index contributed by atoms with van der Waals surface area (Å²) in [6.07, 6.45) is 6.24. The van der Waals surface area contributed by atoms with E-state index in [0.29, 0.717) is 11.4 Å². The first-order valence-electron chi connectivity index (χ1n) is 11.8. The number of primary amides is 1. The molecule has 1 fully saturated rings. The minimum atomic E-state index is -0.786. The van der Waals surface area contributed by atoms with Crippen LogP contribution in [0.5, 0.6) is 5.75 Å². The Morgan fingerprint density at radius 1 is 1.14 bits per heavy atom. The quantitative estimate of drug-likeness (QED) is 0.310. The summed E-state index contributed by atoms with van der Waals surface area (Å²) >= 11 is 6.03. The van der Waals surface area contributed by atoms with Crippen molar-refractivity contribution in [1.82, 2.24) is 9.97 Å². The van der Waals surface area contributed by atoms with Crippen LogP contribution in [0.25, 0.3) is 0 Å². The van der Waals surface area contributed by atoms with Crippen LogP contribution >= 0.6 is 11.6 Å². The molecule has 0 atom stereocenters. The molecule has 1 aliphatic rings. The number of benzene rings is 2. The van der Waals surface area contributed by atoms with Crippen molar-refractivity contribution in [2.45, 2.75) is 32.1 Å². The van der Waals surface area contributed by atoms with Gasteiger partial charge >= 0.3 is 5.97 Å². The first-order valence-corrected chi connectivity index (χ1v) is 12.2. The number of aliphatic hydroxyl groups is 1. The minimum Gasteiger partial charge on any atom is -0.422 e. The minimum absolute atomic E-state index is 0.0172. The van der Waals surface area contributed by atoms with E-state index >= 15 is 0 Å². The number of nitrogens with one attached hydrogen (secondary N) is 1. The van der Waals surface area contributed by atoms with Gasteiger partial charge in [0.25, 0.3) is 5.91 Å². The van der Waals surface area contributed by atoms with E-state index < -0.39 is 17.7 Å². The number of carbonyl (C=O) groups is 3. The van der Waals surface area contributed by atoms with Crippen LogP contribution in [0.3, 0.4) is 0 Å². The fourth-order valence-corrected chi connectivity index (χ4v) is 4.27. The zero-order valence-corrected chi connectivity index (χ0v) is 20.8. The summed E-state index contributed by atoms with van der Waals surface area (Å²) in [6.45, 7) is 0.0346. The molecule has 0 aliphatic heterocycles. The summed E-state index contributed by atoms with van der Waals surface area (Å²) < 4.78 is 18.1. The lowest BCUT2D eigenvalue weighted by Crippen LogP contribution is -2.39. The zero-order valence-electron chi connectivity index (χ0n) is 20.0. The van der Waals surface area contributed by atoms with Gasteiger partial charge in [-0.25, -0.2) is 14.2 Å². The molecule has 4 rings (SSSR count). The molecule has 0 spiro atoms. The number of esters is 1. The van der Waals surface area contributed by atoms with Crippen LogP contribution in [0.4, 0.5) is 10.1 Å². The first kappa shape index (κ1) is 27.8. The van der Waals surface area contributed by atoms with Crippen LogP contribution in [-0.4, -0.2) is 46.0 Å². The van der Waals surface area contributed by atoms with Gasteiger partial charge in [0.05, 0.1) is 23.6 Å². The Morgan fingerprint density at radius 3 is 2.46 bits per heavy atom. The van der Waals surface area contributed by atoms with Gasteiger partial charge < -0.3 is 25.5 Å². The number of carbonyl (C=O) groups excluding carboxylic acids is 3. The van der Waals surface area contributed by atoms with Gasteiger partial charge in [-0.1, -0.05) is 49.1 Å². The van der Waals surface area contributed by atoms with Crippen molar-refractivity contribution in [3.05, 3.63) is 77.1 Å². The van der Waals surface area contributed by atoms with Crippen LogP contribution in [-0.2, 0) is 4.79 Å². The first-order chi connectivity index (χ1) is 17.8. The fraction of sp³-hybridized carbons (Fsp3) is 0.308. The molecule has 0 bridgehead atoms. The number of halogens is 2. The third-order valence-corrected chi connectivity index (χ3v) is 6.08. The van der Waals surface area contributed by atoms with Gasteiger partial charge in [0, 0.05) is 12.5 Å². The summed E-state index contributed by atoms with van der Waals surface area (Å²) in [5, 5.41) is 9.38. The van der Waals surface area contributed by atoms with Crippen molar-refractivity contribution in [2.24, 2.45) is 11.7 Å². The van der Waals surface area contributed by atoms with Gasteiger partial charge in [-0.05, 0) is 43.2 Å². The number of nitrogens with zero attached hydrogens (tertiary/aromatic N) is 2. The predicted octanol–water partition coefficient (Wildman–Crippen LogP) is 4.11. The lowest BCUT2D eigenvalue weighted by Gasteiger charge is -2.29. The van der Waals surface area contributed by atoms with Crippen molar-refractivity contribution in [2.75, 3.05) is 18.1 Å². The maximum Gasteiger partial charge on any atom is 0.362 e. The second-order valence-corrected chi connectivity index (χ2v) is 8.74. The standard InChI is InChI=1S/C15H19ClFNO2.C11H9N3O3/c16-13-10-12(17)6-7-14(13)18(8-9-19)15(20)11-4-2-1-3-5-11;12-10(15)8-9(14-6-13-8)11(16)17-7-4-2-1-3-5-7/h6-7,10-11,19H,1-5,8-9H2;1-6H,(H2,12,15)(H,13,14). The largest absolute Gasteiger partial charge is 0.422 e. The molecule has 1 saturated carbocycles. The Kier molecular flexibility index (Phi) is 10.2. The molecule has 2 amide bonds. The van der Waals surface area contributed by atoms with Crippen molar-refractivity contribution < 1.29 is 28.6 Å². The molecule has 4 N–H and O–H groups in total. The molecular weight excluding hydrogens is 503 g/mol. The van der Waals surface area contributed by atoms with Crippen molar-refractivity contribution in [3.63, 3.8) is 0 Å². The number of amides is 2. The average Bonchev–Trinajstić information content (AvgIpc) is 3.40. The third-order valence-electron chi connectivity index (χ3n) is 5.78. The molecule has 0 unspecified atom stereocenters. The second-order valence-electron chi connectivity index (χ2n) is 8.34. The van der Waals surface area contributed by atoms with E-state index in [0.717, 1.165) is 25.7 Å². The number of aliphatic hydroxyl groups excluding tert-OH is 1. The smallest absolute Gasteiger partial charge is 0.362 e. The lowest BCUT2D eigenvalue weighted by molar-refractivity contribution is -0.123. The van der Waals surface area contributed by atoms with Gasteiger partial charge in [-0.15, -0.1) is 0 Å².